The van der Waals surface area contributed by atoms with E-state index in [0.29, 0.717) is 0 Å². The lowest BCUT2D eigenvalue weighted by atomic mass is 9.82. The van der Waals surface area contributed by atoms with Gasteiger partial charge in [0, 0.05) is 6.04 Å². The Kier molecular flexibility index (Phi) is 3.13. The fourth-order valence-corrected chi connectivity index (χ4v) is 1.90. The zero-order chi connectivity index (χ0) is 8.27. The summed E-state index contributed by atoms with van der Waals surface area (Å²) >= 11 is 0. The first-order chi connectivity index (χ1) is 5.24. The molecule has 0 aromatic heterocycles. The molecule has 0 radical (unpaired) electrons. The van der Waals surface area contributed by atoms with Gasteiger partial charge in [0.25, 0.3) is 0 Å². The molecule has 64 valence electrons. The maximum Gasteiger partial charge on any atom is 0.00697 e. The van der Waals surface area contributed by atoms with Crippen LogP contribution in [0.2, 0.25) is 0 Å². The lowest BCUT2D eigenvalue weighted by molar-refractivity contribution is 0.327. The van der Waals surface area contributed by atoms with Crippen LogP contribution in [0.15, 0.2) is 12.2 Å². The second-order valence-electron chi connectivity index (χ2n) is 3.70. The lowest BCUT2D eigenvalue weighted by Crippen LogP contribution is -2.31. The van der Waals surface area contributed by atoms with Crippen LogP contribution < -0.4 is 5.32 Å². The second kappa shape index (κ2) is 3.91. The molecule has 0 bridgehead atoms. The quantitative estimate of drug-likeness (QED) is 0.600. The highest BCUT2D eigenvalue weighted by Crippen LogP contribution is 2.28. The Labute approximate surface area is 69.9 Å². The molecule has 1 rings (SSSR count). The summed E-state index contributed by atoms with van der Waals surface area (Å²) in [5.74, 6) is 0.779. The molecule has 2 atom stereocenters. The predicted octanol–water partition coefficient (Wildman–Crippen LogP) is 2.34. The van der Waals surface area contributed by atoms with Gasteiger partial charge in [-0.05, 0) is 39.2 Å². The van der Waals surface area contributed by atoms with E-state index >= 15 is 0 Å². The van der Waals surface area contributed by atoms with Crippen LogP contribution in [0.5, 0.6) is 0 Å². The number of hydrogen-bond acceptors (Lipinski definition) is 1. The van der Waals surface area contributed by atoms with Crippen molar-refractivity contribution in [2.45, 2.75) is 38.6 Å². The first-order valence-electron chi connectivity index (χ1n) is 4.56. The second-order valence-corrected chi connectivity index (χ2v) is 3.70. The highest BCUT2D eigenvalue weighted by molar-refractivity contribution is 4.99. The number of allylic oxidation sites excluding steroid dienone is 1. The van der Waals surface area contributed by atoms with Crippen molar-refractivity contribution in [3.05, 3.63) is 12.2 Å². The molecular weight excluding hydrogens is 134 g/mol. The van der Waals surface area contributed by atoms with Crippen molar-refractivity contribution >= 4 is 0 Å². The lowest BCUT2D eigenvalue weighted by Gasteiger charge is -2.29. The van der Waals surface area contributed by atoms with Crippen molar-refractivity contribution in [2.24, 2.45) is 5.92 Å². The molecule has 1 N–H and O–H groups in total. The molecule has 1 saturated carbocycles. The molecule has 1 nitrogen and oxygen atoms in total. The standard InChI is InChI=1S/C10H19N/c1-8(2)9-5-4-6-10(7-9)11-3/h9-11H,1,4-7H2,2-3H3. The van der Waals surface area contributed by atoms with Crippen molar-refractivity contribution in [2.75, 3.05) is 7.05 Å². The summed E-state index contributed by atoms with van der Waals surface area (Å²) in [6.07, 6.45) is 5.36. The summed E-state index contributed by atoms with van der Waals surface area (Å²) in [6, 6.07) is 0.741. The summed E-state index contributed by atoms with van der Waals surface area (Å²) in [5.41, 5.74) is 1.37. The maximum atomic E-state index is 4.02. The van der Waals surface area contributed by atoms with Crippen LogP contribution in [0.1, 0.15) is 32.6 Å². The van der Waals surface area contributed by atoms with Gasteiger partial charge in [-0.2, -0.15) is 0 Å². The van der Waals surface area contributed by atoms with Gasteiger partial charge in [-0.3, -0.25) is 0 Å². The van der Waals surface area contributed by atoms with E-state index in [4.69, 9.17) is 0 Å². The van der Waals surface area contributed by atoms with Crippen LogP contribution in [-0.2, 0) is 0 Å². The zero-order valence-corrected chi connectivity index (χ0v) is 7.69. The van der Waals surface area contributed by atoms with Gasteiger partial charge in [0.05, 0.1) is 0 Å². The van der Waals surface area contributed by atoms with Gasteiger partial charge in [0.1, 0.15) is 0 Å². The van der Waals surface area contributed by atoms with Crippen molar-refractivity contribution in [3.63, 3.8) is 0 Å². The first-order valence-corrected chi connectivity index (χ1v) is 4.56. The largest absolute Gasteiger partial charge is 0.317 e. The molecule has 11 heavy (non-hydrogen) atoms. The molecule has 0 heterocycles. The Morgan fingerprint density at radius 3 is 2.73 bits per heavy atom. The summed E-state index contributed by atoms with van der Waals surface area (Å²) in [6.45, 7) is 6.18. The Morgan fingerprint density at radius 2 is 2.18 bits per heavy atom. The van der Waals surface area contributed by atoms with E-state index in [0.717, 1.165) is 12.0 Å². The Hall–Kier alpha value is -0.300. The first kappa shape index (κ1) is 8.79. The average molecular weight is 153 g/mol. The van der Waals surface area contributed by atoms with Gasteiger partial charge >= 0.3 is 0 Å². The molecule has 1 aliphatic carbocycles. The predicted molar refractivity (Wildman–Crippen MR) is 49.6 cm³/mol. The minimum Gasteiger partial charge on any atom is -0.317 e. The summed E-state index contributed by atoms with van der Waals surface area (Å²) in [7, 11) is 2.06. The smallest absolute Gasteiger partial charge is 0.00697 e. The van der Waals surface area contributed by atoms with E-state index < -0.39 is 0 Å². The molecule has 1 fully saturated rings. The molecule has 1 aliphatic rings. The van der Waals surface area contributed by atoms with Crippen LogP contribution in [0.4, 0.5) is 0 Å². The summed E-state index contributed by atoms with van der Waals surface area (Å²) in [5, 5.41) is 3.35. The minimum atomic E-state index is 0.741. The Bertz CT molecular complexity index is 140. The Balaban J connectivity index is 2.39. The van der Waals surface area contributed by atoms with Gasteiger partial charge in [0.2, 0.25) is 0 Å². The van der Waals surface area contributed by atoms with Crippen molar-refractivity contribution in [1.29, 1.82) is 0 Å². The average Bonchev–Trinajstić information content (AvgIpc) is 2.05. The van der Waals surface area contributed by atoms with E-state index in [1.54, 1.807) is 0 Å². The van der Waals surface area contributed by atoms with Gasteiger partial charge in [-0.1, -0.05) is 18.6 Å². The number of hydrogen-bond donors (Lipinski definition) is 1. The molecule has 1 heteroatoms. The van der Waals surface area contributed by atoms with Crippen molar-refractivity contribution in [1.82, 2.24) is 5.32 Å². The van der Waals surface area contributed by atoms with E-state index in [2.05, 4.69) is 25.9 Å². The van der Waals surface area contributed by atoms with Crippen LogP contribution in [0.25, 0.3) is 0 Å². The topological polar surface area (TPSA) is 12.0 Å². The fourth-order valence-electron chi connectivity index (χ4n) is 1.90. The van der Waals surface area contributed by atoms with Crippen molar-refractivity contribution in [3.8, 4) is 0 Å². The molecule has 0 spiro atoms. The van der Waals surface area contributed by atoms with Crippen molar-refractivity contribution < 1.29 is 0 Å². The van der Waals surface area contributed by atoms with Gasteiger partial charge in [0.15, 0.2) is 0 Å². The van der Waals surface area contributed by atoms with E-state index in [-0.39, 0.29) is 0 Å². The Morgan fingerprint density at radius 1 is 1.45 bits per heavy atom. The van der Waals surface area contributed by atoms with Gasteiger partial charge in [-0.15, -0.1) is 0 Å². The molecule has 0 saturated heterocycles. The zero-order valence-electron chi connectivity index (χ0n) is 7.69. The highest BCUT2D eigenvalue weighted by atomic mass is 14.9. The highest BCUT2D eigenvalue weighted by Gasteiger charge is 2.20. The molecule has 0 amide bonds. The van der Waals surface area contributed by atoms with E-state index in [1.807, 2.05) is 0 Å². The van der Waals surface area contributed by atoms with Gasteiger partial charge < -0.3 is 5.32 Å². The minimum absolute atomic E-state index is 0.741. The molecular formula is C10H19N. The molecule has 0 aliphatic heterocycles. The fraction of sp³-hybridized carbons (Fsp3) is 0.800. The molecule has 0 aromatic rings. The van der Waals surface area contributed by atoms with Gasteiger partial charge in [-0.25, -0.2) is 0 Å². The molecule has 2 unspecified atom stereocenters. The molecule has 0 aromatic carbocycles. The van der Waals surface area contributed by atoms with Crippen LogP contribution >= 0.6 is 0 Å². The summed E-state index contributed by atoms with van der Waals surface area (Å²) in [4.78, 5) is 0. The third-order valence-electron chi connectivity index (χ3n) is 2.78. The third-order valence-corrected chi connectivity index (χ3v) is 2.78. The third kappa shape index (κ3) is 2.33. The number of nitrogens with one attached hydrogen (secondary N) is 1. The van der Waals surface area contributed by atoms with Crippen LogP contribution in [0.3, 0.4) is 0 Å². The SMILES string of the molecule is C=C(C)C1CCCC(NC)C1. The monoisotopic (exact) mass is 153 g/mol. The summed E-state index contributed by atoms with van der Waals surface area (Å²) < 4.78 is 0. The van der Waals surface area contributed by atoms with E-state index in [9.17, 15) is 0 Å². The number of rotatable bonds is 2. The van der Waals surface area contributed by atoms with Crippen LogP contribution in [-0.4, -0.2) is 13.1 Å². The van der Waals surface area contributed by atoms with Crippen LogP contribution in [0, 0.1) is 5.92 Å². The maximum absolute atomic E-state index is 4.02. The normalized spacial score (nSPS) is 31.8. The van der Waals surface area contributed by atoms with E-state index in [1.165, 1.54) is 31.3 Å².